The first-order valence-corrected chi connectivity index (χ1v) is 5.28. The van der Waals surface area contributed by atoms with Crippen molar-refractivity contribution < 1.29 is 4.79 Å². The van der Waals surface area contributed by atoms with Crippen LogP contribution in [0, 0.1) is 0 Å². The molecular weight excluding hydrogens is 188 g/mol. The van der Waals surface area contributed by atoms with Crippen molar-refractivity contribution in [3.8, 4) is 0 Å². The predicted molar refractivity (Wildman–Crippen MR) is 63.8 cm³/mol. The number of anilines is 2. The highest BCUT2D eigenvalue weighted by Gasteiger charge is 2.10. The molecule has 0 saturated heterocycles. The molecule has 0 saturated carbocycles. The van der Waals surface area contributed by atoms with E-state index in [9.17, 15) is 4.79 Å². The normalized spacial score (nSPS) is 10.0. The first-order valence-electron chi connectivity index (χ1n) is 5.28. The standard InChI is InChI=1S/C12H18N2O/c1-3-4-8-14(10(2)15)12-7-5-6-11(13)9-12/h5-7,9H,3-4,8,13H2,1-2H3. The van der Waals surface area contributed by atoms with Crippen molar-refractivity contribution >= 4 is 17.3 Å². The number of carbonyl (C=O) groups excluding carboxylic acids is 1. The average molecular weight is 206 g/mol. The molecule has 3 heteroatoms. The van der Waals surface area contributed by atoms with Gasteiger partial charge in [-0.25, -0.2) is 0 Å². The summed E-state index contributed by atoms with van der Waals surface area (Å²) in [4.78, 5) is 13.2. The summed E-state index contributed by atoms with van der Waals surface area (Å²) in [6.45, 7) is 4.45. The Kier molecular flexibility index (Phi) is 4.16. The highest BCUT2D eigenvalue weighted by Crippen LogP contribution is 2.18. The Morgan fingerprint density at radius 3 is 2.73 bits per heavy atom. The first-order chi connectivity index (χ1) is 7.15. The van der Waals surface area contributed by atoms with Gasteiger partial charge in [0.05, 0.1) is 0 Å². The van der Waals surface area contributed by atoms with Crippen molar-refractivity contribution in [1.29, 1.82) is 0 Å². The van der Waals surface area contributed by atoms with Gasteiger partial charge in [-0.2, -0.15) is 0 Å². The van der Waals surface area contributed by atoms with Gasteiger partial charge < -0.3 is 10.6 Å². The van der Waals surface area contributed by atoms with Crippen molar-refractivity contribution in [2.24, 2.45) is 0 Å². The van der Waals surface area contributed by atoms with E-state index >= 15 is 0 Å². The topological polar surface area (TPSA) is 46.3 Å². The molecular formula is C12H18N2O. The van der Waals surface area contributed by atoms with E-state index in [-0.39, 0.29) is 5.91 Å². The van der Waals surface area contributed by atoms with Gasteiger partial charge >= 0.3 is 0 Å². The van der Waals surface area contributed by atoms with Gasteiger partial charge in [-0.15, -0.1) is 0 Å². The van der Waals surface area contributed by atoms with Crippen LogP contribution in [0.1, 0.15) is 26.7 Å². The third kappa shape index (κ3) is 3.27. The van der Waals surface area contributed by atoms with E-state index in [1.54, 1.807) is 11.8 Å². The molecule has 0 fully saturated rings. The van der Waals surface area contributed by atoms with E-state index in [0.717, 1.165) is 25.1 Å². The second-order valence-electron chi connectivity index (χ2n) is 3.62. The summed E-state index contributed by atoms with van der Waals surface area (Å²) in [6, 6.07) is 7.43. The number of benzene rings is 1. The third-order valence-corrected chi connectivity index (χ3v) is 2.30. The van der Waals surface area contributed by atoms with Crippen LogP contribution >= 0.6 is 0 Å². The van der Waals surface area contributed by atoms with Crippen LogP contribution in [0.3, 0.4) is 0 Å². The number of nitrogens with zero attached hydrogens (tertiary/aromatic N) is 1. The summed E-state index contributed by atoms with van der Waals surface area (Å²) in [5, 5.41) is 0. The zero-order chi connectivity index (χ0) is 11.3. The third-order valence-electron chi connectivity index (χ3n) is 2.30. The number of carbonyl (C=O) groups is 1. The molecule has 82 valence electrons. The van der Waals surface area contributed by atoms with Crippen LogP contribution in [-0.4, -0.2) is 12.5 Å². The monoisotopic (exact) mass is 206 g/mol. The number of unbranched alkanes of at least 4 members (excludes halogenated alkanes) is 1. The molecule has 1 aromatic carbocycles. The molecule has 0 aliphatic heterocycles. The molecule has 0 aromatic heterocycles. The van der Waals surface area contributed by atoms with Gasteiger partial charge in [-0.3, -0.25) is 4.79 Å². The van der Waals surface area contributed by atoms with Crippen molar-refractivity contribution in [3.05, 3.63) is 24.3 Å². The van der Waals surface area contributed by atoms with Gasteiger partial charge in [0.25, 0.3) is 0 Å². The molecule has 0 spiro atoms. The van der Waals surface area contributed by atoms with E-state index in [1.807, 2.05) is 24.3 Å². The Morgan fingerprint density at radius 2 is 2.20 bits per heavy atom. The molecule has 1 amide bonds. The van der Waals surface area contributed by atoms with Crippen molar-refractivity contribution in [2.45, 2.75) is 26.7 Å². The summed E-state index contributed by atoms with van der Waals surface area (Å²) in [7, 11) is 0. The minimum atomic E-state index is 0.0639. The van der Waals surface area contributed by atoms with Crippen LogP contribution < -0.4 is 10.6 Å². The summed E-state index contributed by atoms with van der Waals surface area (Å²) in [5.74, 6) is 0.0639. The van der Waals surface area contributed by atoms with Crippen LogP contribution in [0.4, 0.5) is 11.4 Å². The lowest BCUT2D eigenvalue weighted by atomic mass is 10.2. The fourth-order valence-electron chi connectivity index (χ4n) is 1.48. The maximum Gasteiger partial charge on any atom is 0.223 e. The number of hydrogen-bond acceptors (Lipinski definition) is 2. The molecule has 1 rings (SSSR count). The van der Waals surface area contributed by atoms with Crippen LogP contribution in [0.2, 0.25) is 0 Å². The largest absolute Gasteiger partial charge is 0.399 e. The minimum Gasteiger partial charge on any atom is -0.399 e. The molecule has 15 heavy (non-hydrogen) atoms. The summed E-state index contributed by atoms with van der Waals surface area (Å²) in [6.07, 6.45) is 2.08. The quantitative estimate of drug-likeness (QED) is 0.769. The molecule has 3 nitrogen and oxygen atoms in total. The number of nitrogens with two attached hydrogens (primary N) is 1. The average Bonchev–Trinajstić information content (AvgIpc) is 2.18. The van der Waals surface area contributed by atoms with Gasteiger partial charge in [0, 0.05) is 24.8 Å². The molecule has 0 bridgehead atoms. The molecule has 0 unspecified atom stereocenters. The molecule has 0 atom stereocenters. The molecule has 0 radical (unpaired) electrons. The summed E-state index contributed by atoms with van der Waals surface area (Å²) in [5.41, 5.74) is 7.26. The number of hydrogen-bond donors (Lipinski definition) is 1. The molecule has 0 heterocycles. The van der Waals surface area contributed by atoms with Gasteiger partial charge in [0.15, 0.2) is 0 Å². The zero-order valence-electron chi connectivity index (χ0n) is 9.36. The lowest BCUT2D eigenvalue weighted by Gasteiger charge is -2.21. The molecule has 1 aromatic rings. The maximum atomic E-state index is 11.4. The SMILES string of the molecule is CCCCN(C(C)=O)c1cccc(N)c1. The number of rotatable bonds is 4. The van der Waals surface area contributed by atoms with Crippen molar-refractivity contribution in [3.63, 3.8) is 0 Å². The maximum absolute atomic E-state index is 11.4. The van der Waals surface area contributed by atoms with E-state index < -0.39 is 0 Å². The minimum absolute atomic E-state index is 0.0639. The Morgan fingerprint density at radius 1 is 1.47 bits per heavy atom. The van der Waals surface area contributed by atoms with Gasteiger partial charge in [0.2, 0.25) is 5.91 Å². The smallest absolute Gasteiger partial charge is 0.223 e. The predicted octanol–water partition coefficient (Wildman–Crippen LogP) is 2.42. The first kappa shape index (κ1) is 11.6. The molecule has 2 N–H and O–H groups in total. The number of amides is 1. The van der Waals surface area contributed by atoms with E-state index in [4.69, 9.17) is 5.73 Å². The van der Waals surface area contributed by atoms with E-state index in [2.05, 4.69) is 6.92 Å². The van der Waals surface area contributed by atoms with Crippen LogP contribution in [0.25, 0.3) is 0 Å². The van der Waals surface area contributed by atoms with Crippen LogP contribution in [-0.2, 0) is 4.79 Å². The molecule has 0 aliphatic rings. The Hall–Kier alpha value is -1.51. The van der Waals surface area contributed by atoms with Gasteiger partial charge in [0.1, 0.15) is 0 Å². The zero-order valence-corrected chi connectivity index (χ0v) is 9.36. The van der Waals surface area contributed by atoms with Crippen LogP contribution in [0.5, 0.6) is 0 Å². The Balaban J connectivity index is 2.84. The van der Waals surface area contributed by atoms with E-state index in [1.165, 1.54) is 0 Å². The fourth-order valence-corrected chi connectivity index (χ4v) is 1.48. The Labute approximate surface area is 90.9 Å². The summed E-state index contributed by atoms with van der Waals surface area (Å²) < 4.78 is 0. The Bertz CT molecular complexity index is 336. The summed E-state index contributed by atoms with van der Waals surface area (Å²) >= 11 is 0. The van der Waals surface area contributed by atoms with Crippen LogP contribution in [0.15, 0.2) is 24.3 Å². The fraction of sp³-hybridized carbons (Fsp3) is 0.417. The highest BCUT2D eigenvalue weighted by atomic mass is 16.2. The second kappa shape index (κ2) is 5.39. The van der Waals surface area contributed by atoms with Gasteiger partial charge in [-0.1, -0.05) is 19.4 Å². The second-order valence-corrected chi connectivity index (χ2v) is 3.62. The van der Waals surface area contributed by atoms with Gasteiger partial charge in [-0.05, 0) is 24.6 Å². The van der Waals surface area contributed by atoms with Crippen molar-refractivity contribution in [2.75, 3.05) is 17.2 Å². The van der Waals surface area contributed by atoms with Crippen molar-refractivity contribution in [1.82, 2.24) is 0 Å². The lowest BCUT2D eigenvalue weighted by Crippen LogP contribution is -2.29. The molecule has 0 aliphatic carbocycles. The highest BCUT2D eigenvalue weighted by molar-refractivity contribution is 5.91. The lowest BCUT2D eigenvalue weighted by molar-refractivity contribution is -0.116. The van der Waals surface area contributed by atoms with E-state index in [0.29, 0.717) is 5.69 Å². The number of nitrogen functional groups attached to an aromatic ring is 1.